The zero-order valence-electron chi connectivity index (χ0n) is 9.46. The van der Waals surface area contributed by atoms with Gasteiger partial charge < -0.3 is 16.2 Å². The van der Waals surface area contributed by atoms with Crippen LogP contribution >= 0.6 is 0 Å². The molecule has 88 valence electrons. The Bertz CT molecular complexity index is 215. The van der Waals surface area contributed by atoms with Crippen molar-refractivity contribution >= 4 is 5.91 Å². The lowest BCUT2D eigenvalue weighted by Crippen LogP contribution is -2.35. The molecule has 0 saturated heterocycles. The van der Waals surface area contributed by atoms with Gasteiger partial charge in [-0.15, -0.1) is 0 Å². The van der Waals surface area contributed by atoms with Gasteiger partial charge in [0.25, 0.3) is 0 Å². The molecule has 1 amide bonds. The van der Waals surface area contributed by atoms with Crippen molar-refractivity contribution in [2.75, 3.05) is 13.2 Å². The van der Waals surface area contributed by atoms with E-state index in [1.807, 2.05) is 6.92 Å². The van der Waals surface area contributed by atoms with E-state index in [4.69, 9.17) is 10.8 Å². The highest BCUT2D eigenvalue weighted by Crippen LogP contribution is 2.47. The quantitative estimate of drug-likeness (QED) is 0.574. The summed E-state index contributed by atoms with van der Waals surface area (Å²) < 4.78 is 0. The molecule has 1 aliphatic carbocycles. The van der Waals surface area contributed by atoms with Crippen molar-refractivity contribution in [1.29, 1.82) is 0 Å². The summed E-state index contributed by atoms with van der Waals surface area (Å²) >= 11 is 0. The molecule has 4 heteroatoms. The van der Waals surface area contributed by atoms with Crippen LogP contribution in [0.3, 0.4) is 0 Å². The predicted molar refractivity (Wildman–Crippen MR) is 59.3 cm³/mol. The molecule has 0 spiro atoms. The molecule has 0 heterocycles. The van der Waals surface area contributed by atoms with Gasteiger partial charge in [-0.1, -0.05) is 6.92 Å². The summed E-state index contributed by atoms with van der Waals surface area (Å²) in [4.78, 5) is 11.4. The number of aliphatic hydroxyl groups is 1. The molecular weight excluding hydrogens is 192 g/mol. The maximum absolute atomic E-state index is 11.4. The van der Waals surface area contributed by atoms with Crippen LogP contribution in [0.2, 0.25) is 0 Å². The average molecular weight is 214 g/mol. The first-order valence-electron chi connectivity index (χ1n) is 5.75. The number of hydrogen-bond acceptors (Lipinski definition) is 3. The van der Waals surface area contributed by atoms with Crippen LogP contribution in [0.1, 0.15) is 39.0 Å². The van der Waals surface area contributed by atoms with Crippen molar-refractivity contribution in [2.45, 2.75) is 45.1 Å². The van der Waals surface area contributed by atoms with E-state index in [0.717, 1.165) is 25.7 Å². The lowest BCUT2D eigenvalue weighted by atomic mass is 10.0. The van der Waals surface area contributed by atoms with Crippen LogP contribution in [-0.4, -0.2) is 30.2 Å². The van der Waals surface area contributed by atoms with Crippen LogP contribution in [-0.2, 0) is 4.79 Å². The normalized spacial score (nSPS) is 19.7. The van der Waals surface area contributed by atoms with Crippen LogP contribution in [0.5, 0.6) is 0 Å². The second-order valence-electron chi connectivity index (χ2n) is 4.62. The van der Waals surface area contributed by atoms with E-state index in [9.17, 15) is 4.79 Å². The minimum absolute atomic E-state index is 0.0296. The smallest absolute Gasteiger partial charge is 0.221 e. The van der Waals surface area contributed by atoms with E-state index in [1.54, 1.807) is 0 Å². The van der Waals surface area contributed by atoms with Crippen molar-refractivity contribution in [3.63, 3.8) is 0 Å². The molecule has 0 aromatic rings. The summed E-state index contributed by atoms with van der Waals surface area (Å²) in [6.07, 6.45) is 4.27. The number of nitrogens with one attached hydrogen (secondary N) is 1. The molecule has 1 unspecified atom stereocenters. The molecule has 0 aromatic heterocycles. The molecule has 0 aromatic carbocycles. The van der Waals surface area contributed by atoms with Crippen molar-refractivity contribution in [3.8, 4) is 0 Å². The molecule has 0 bridgehead atoms. The van der Waals surface area contributed by atoms with Gasteiger partial charge in [-0.2, -0.15) is 0 Å². The second-order valence-corrected chi connectivity index (χ2v) is 4.62. The minimum Gasteiger partial charge on any atom is -0.396 e. The molecule has 1 atom stereocenters. The third kappa shape index (κ3) is 4.18. The molecule has 4 nitrogen and oxygen atoms in total. The average Bonchev–Trinajstić information content (AvgIpc) is 2.96. The third-order valence-corrected chi connectivity index (χ3v) is 3.23. The zero-order chi connectivity index (χ0) is 11.3. The fourth-order valence-electron chi connectivity index (χ4n) is 1.67. The highest BCUT2D eigenvalue weighted by molar-refractivity contribution is 5.76. The zero-order valence-corrected chi connectivity index (χ0v) is 9.46. The van der Waals surface area contributed by atoms with Crippen molar-refractivity contribution in [2.24, 2.45) is 11.1 Å². The molecule has 15 heavy (non-hydrogen) atoms. The van der Waals surface area contributed by atoms with E-state index < -0.39 is 0 Å². The Morgan fingerprint density at radius 3 is 2.73 bits per heavy atom. The molecule has 0 radical (unpaired) electrons. The lowest BCUT2D eigenvalue weighted by Gasteiger charge is -2.15. The molecule has 1 saturated carbocycles. The summed E-state index contributed by atoms with van der Waals surface area (Å²) in [7, 11) is 0. The first-order chi connectivity index (χ1) is 7.12. The summed E-state index contributed by atoms with van der Waals surface area (Å²) in [6, 6.07) is -0.0296. The van der Waals surface area contributed by atoms with Gasteiger partial charge >= 0.3 is 0 Å². The van der Waals surface area contributed by atoms with Gasteiger partial charge in [0.1, 0.15) is 0 Å². The topological polar surface area (TPSA) is 75.4 Å². The first kappa shape index (κ1) is 12.5. The molecule has 4 N–H and O–H groups in total. The van der Waals surface area contributed by atoms with Crippen LogP contribution in [0.25, 0.3) is 0 Å². The van der Waals surface area contributed by atoms with Crippen molar-refractivity contribution < 1.29 is 9.90 Å². The van der Waals surface area contributed by atoms with Crippen molar-refractivity contribution in [3.05, 3.63) is 0 Å². The highest BCUT2D eigenvalue weighted by atomic mass is 16.3. The molecule has 1 rings (SSSR count). The summed E-state index contributed by atoms with van der Waals surface area (Å²) in [5, 5.41) is 11.8. The second kappa shape index (κ2) is 5.47. The SMILES string of the molecule is CCC(N)CC(=O)NCC1(CCO)CC1. The number of amides is 1. The van der Waals surface area contributed by atoms with Gasteiger partial charge in [0.05, 0.1) is 0 Å². The molecule has 0 aliphatic heterocycles. The fraction of sp³-hybridized carbons (Fsp3) is 0.909. The van der Waals surface area contributed by atoms with Crippen LogP contribution < -0.4 is 11.1 Å². The highest BCUT2D eigenvalue weighted by Gasteiger charge is 2.41. The summed E-state index contributed by atoms with van der Waals surface area (Å²) in [5.74, 6) is 0.0357. The molecule has 1 aliphatic rings. The fourth-order valence-corrected chi connectivity index (χ4v) is 1.67. The van der Waals surface area contributed by atoms with Gasteiger partial charge in [-0.3, -0.25) is 4.79 Å². The number of carbonyl (C=O) groups is 1. The van der Waals surface area contributed by atoms with Crippen LogP contribution in [0.15, 0.2) is 0 Å². The van der Waals surface area contributed by atoms with E-state index in [2.05, 4.69) is 5.32 Å². The maximum atomic E-state index is 11.4. The number of carbonyl (C=O) groups excluding carboxylic acids is 1. The Morgan fingerprint density at radius 2 is 2.27 bits per heavy atom. The molecule has 1 fully saturated rings. The van der Waals surface area contributed by atoms with Gasteiger partial charge in [-0.05, 0) is 31.1 Å². The van der Waals surface area contributed by atoms with E-state index in [-0.39, 0.29) is 24.0 Å². The van der Waals surface area contributed by atoms with E-state index in [1.165, 1.54) is 0 Å². The summed E-state index contributed by atoms with van der Waals surface area (Å²) in [5.41, 5.74) is 5.88. The Balaban J connectivity index is 2.16. The van der Waals surface area contributed by atoms with Crippen LogP contribution in [0, 0.1) is 5.41 Å². The predicted octanol–water partition coefficient (Wildman–Crippen LogP) is 0.393. The number of rotatable bonds is 7. The van der Waals surface area contributed by atoms with E-state index in [0.29, 0.717) is 13.0 Å². The standard InChI is InChI=1S/C11H22N2O2/c1-2-9(12)7-10(15)13-8-11(3-4-11)5-6-14/h9,14H,2-8,12H2,1H3,(H,13,15). The Kier molecular flexibility index (Phi) is 4.54. The minimum atomic E-state index is -0.0296. The number of nitrogens with two attached hydrogens (primary N) is 1. The van der Waals surface area contributed by atoms with Crippen molar-refractivity contribution in [1.82, 2.24) is 5.32 Å². The Hall–Kier alpha value is -0.610. The van der Waals surface area contributed by atoms with Crippen LogP contribution in [0.4, 0.5) is 0 Å². The monoisotopic (exact) mass is 214 g/mol. The Morgan fingerprint density at radius 1 is 1.60 bits per heavy atom. The summed E-state index contributed by atoms with van der Waals surface area (Å²) in [6.45, 7) is 2.89. The number of hydrogen-bond donors (Lipinski definition) is 3. The molecular formula is C11H22N2O2. The largest absolute Gasteiger partial charge is 0.396 e. The van der Waals surface area contributed by atoms with E-state index >= 15 is 0 Å². The van der Waals surface area contributed by atoms with Gasteiger partial charge in [-0.25, -0.2) is 0 Å². The van der Waals surface area contributed by atoms with Gasteiger partial charge in [0, 0.05) is 25.6 Å². The third-order valence-electron chi connectivity index (χ3n) is 3.23. The van der Waals surface area contributed by atoms with Gasteiger partial charge in [0.2, 0.25) is 5.91 Å². The maximum Gasteiger partial charge on any atom is 0.221 e. The van der Waals surface area contributed by atoms with Gasteiger partial charge in [0.15, 0.2) is 0 Å². The lowest BCUT2D eigenvalue weighted by molar-refractivity contribution is -0.121. The number of aliphatic hydroxyl groups excluding tert-OH is 1. The Labute approximate surface area is 91.2 Å². The first-order valence-corrected chi connectivity index (χ1v) is 5.75.